The van der Waals surface area contributed by atoms with Gasteiger partial charge in [-0.15, -0.1) is 5.10 Å². The van der Waals surface area contributed by atoms with E-state index >= 15 is 0 Å². The summed E-state index contributed by atoms with van der Waals surface area (Å²) in [7, 11) is 1.64. The smallest absolute Gasteiger partial charge is 0.225 e. The van der Waals surface area contributed by atoms with Crippen molar-refractivity contribution in [2.75, 3.05) is 25.1 Å². The number of aromatic nitrogens is 4. The molecule has 2 aromatic heterocycles. The van der Waals surface area contributed by atoms with Gasteiger partial charge in [0.15, 0.2) is 5.65 Å². The molecule has 1 aliphatic heterocycles. The lowest BCUT2D eigenvalue weighted by Crippen LogP contribution is -2.43. The van der Waals surface area contributed by atoms with E-state index < -0.39 is 0 Å². The van der Waals surface area contributed by atoms with Crippen molar-refractivity contribution in [1.29, 1.82) is 0 Å². The average molecular weight is 457 g/mol. The van der Waals surface area contributed by atoms with E-state index in [1.807, 2.05) is 47.3 Å². The third kappa shape index (κ3) is 4.57. The number of ether oxygens (including phenoxy) is 1. The standard InChI is InChI=1S/C26H28N6O2/c1-18-5-9-21(10-6-18)32-16-23-24(30-32)28-17-29-25(23)31-13-3-4-20(15-31)26(33)27-14-19-7-11-22(34-2)12-8-19/h5-12,16-17,20H,3-4,13-15H2,1-2H3,(H,27,33). The fourth-order valence-corrected chi connectivity index (χ4v) is 4.37. The van der Waals surface area contributed by atoms with Crippen molar-refractivity contribution in [1.82, 2.24) is 25.1 Å². The van der Waals surface area contributed by atoms with Crippen LogP contribution in [0.1, 0.15) is 24.0 Å². The van der Waals surface area contributed by atoms with Crippen LogP contribution >= 0.6 is 0 Å². The maximum absolute atomic E-state index is 12.9. The fourth-order valence-electron chi connectivity index (χ4n) is 4.37. The summed E-state index contributed by atoms with van der Waals surface area (Å²) in [4.78, 5) is 24.1. The summed E-state index contributed by atoms with van der Waals surface area (Å²) in [5, 5.41) is 8.63. The van der Waals surface area contributed by atoms with Crippen LogP contribution in [-0.2, 0) is 11.3 Å². The summed E-state index contributed by atoms with van der Waals surface area (Å²) in [6.07, 6.45) is 5.32. The first kappa shape index (κ1) is 21.9. The summed E-state index contributed by atoms with van der Waals surface area (Å²) >= 11 is 0. The highest BCUT2D eigenvalue weighted by Gasteiger charge is 2.28. The minimum absolute atomic E-state index is 0.0705. The molecule has 0 bridgehead atoms. The second-order valence-corrected chi connectivity index (χ2v) is 8.69. The number of rotatable bonds is 6. The van der Waals surface area contributed by atoms with Gasteiger partial charge in [0.25, 0.3) is 0 Å². The Kier molecular flexibility index (Phi) is 6.12. The third-order valence-corrected chi connectivity index (χ3v) is 6.31. The molecular formula is C26H28N6O2. The fraction of sp³-hybridized carbons (Fsp3) is 0.308. The topological polar surface area (TPSA) is 85.2 Å². The van der Waals surface area contributed by atoms with E-state index in [-0.39, 0.29) is 11.8 Å². The zero-order chi connectivity index (χ0) is 23.5. The molecule has 3 heterocycles. The molecule has 8 heteroatoms. The lowest BCUT2D eigenvalue weighted by atomic mass is 9.97. The van der Waals surface area contributed by atoms with E-state index in [4.69, 9.17) is 4.74 Å². The van der Waals surface area contributed by atoms with E-state index in [0.717, 1.165) is 47.6 Å². The molecule has 0 spiro atoms. The molecule has 1 unspecified atom stereocenters. The number of piperidine rings is 1. The minimum atomic E-state index is -0.0934. The van der Waals surface area contributed by atoms with Crippen molar-refractivity contribution in [3.8, 4) is 11.4 Å². The van der Waals surface area contributed by atoms with Gasteiger partial charge in [-0.2, -0.15) is 0 Å². The Bertz CT molecular complexity index is 1280. The number of carbonyl (C=O) groups excluding carboxylic acids is 1. The Morgan fingerprint density at radius 2 is 1.91 bits per heavy atom. The van der Waals surface area contributed by atoms with E-state index in [1.165, 1.54) is 5.56 Å². The van der Waals surface area contributed by atoms with Gasteiger partial charge in [-0.3, -0.25) is 4.79 Å². The molecule has 1 N–H and O–H groups in total. The van der Waals surface area contributed by atoms with Gasteiger partial charge in [0, 0.05) is 25.8 Å². The Hall–Kier alpha value is -3.94. The summed E-state index contributed by atoms with van der Waals surface area (Å²) in [6.45, 7) is 4.04. The van der Waals surface area contributed by atoms with Crippen LogP contribution in [0.4, 0.5) is 5.82 Å². The number of methoxy groups -OCH3 is 1. The predicted octanol–water partition coefficient (Wildman–Crippen LogP) is 3.67. The molecule has 34 heavy (non-hydrogen) atoms. The van der Waals surface area contributed by atoms with Crippen molar-refractivity contribution in [2.45, 2.75) is 26.3 Å². The number of hydrogen-bond acceptors (Lipinski definition) is 6. The summed E-state index contributed by atoms with van der Waals surface area (Å²) in [6, 6.07) is 16.0. The number of anilines is 1. The summed E-state index contributed by atoms with van der Waals surface area (Å²) in [5.74, 6) is 1.61. The molecular weight excluding hydrogens is 428 g/mol. The second kappa shape index (κ2) is 9.51. The van der Waals surface area contributed by atoms with Gasteiger partial charge in [-0.1, -0.05) is 29.8 Å². The first-order valence-electron chi connectivity index (χ1n) is 11.5. The first-order valence-corrected chi connectivity index (χ1v) is 11.5. The van der Waals surface area contributed by atoms with E-state index in [9.17, 15) is 4.79 Å². The van der Waals surface area contributed by atoms with Crippen LogP contribution in [0.3, 0.4) is 0 Å². The van der Waals surface area contributed by atoms with Crippen LogP contribution < -0.4 is 15.0 Å². The van der Waals surface area contributed by atoms with Gasteiger partial charge in [0.1, 0.15) is 17.9 Å². The van der Waals surface area contributed by atoms with Gasteiger partial charge < -0.3 is 15.0 Å². The van der Waals surface area contributed by atoms with Crippen molar-refractivity contribution in [3.05, 3.63) is 72.2 Å². The summed E-state index contributed by atoms with van der Waals surface area (Å²) < 4.78 is 7.03. The van der Waals surface area contributed by atoms with E-state index in [0.29, 0.717) is 18.7 Å². The lowest BCUT2D eigenvalue weighted by molar-refractivity contribution is -0.125. The van der Waals surface area contributed by atoms with Crippen molar-refractivity contribution in [3.63, 3.8) is 0 Å². The minimum Gasteiger partial charge on any atom is -0.497 e. The maximum Gasteiger partial charge on any atom is 0.225 e. The van der Waals surface area contributed by atoms with Crippen LogP contribution in [-0.4, -0.2) is 45.9 Å². The number of benzene rings is 2. The van der Waals surface area contributed by atoms with E-state index in [2.05, 4.69) is 44.3 Å². The molecule has 0 aliphatic carbocycles. The molecule has 1 aliphatic rings. The number of hydrogen-bond donors (Lipinski definition) is 1. The number of fused-ring (bicyclic) bond motifs is 1. The quantitative estimate of drug-likeness (QED) is 0.477. The van der Waals surface area contributed by atoms with E-state index in [1.54, 1.807) is 13.4 Å². The molecule has 174 valence electrons. The monoisotopic (exact) mass is 456 g/mol. The number of amides is 1. The van der Waals surface area contributed by atoms with Crippen molar-refractivity contribution >= 4 is 22.8 Å². The van der Waals surface area contributed by atoms with Crippen LogP contribution in [0.25, 0.3) is 16.7 Å². The van der Waals surface area contributed by atoms with Gasteiger partial charge in [0.05, 0.1) is 24.1 Å². The first-order chi connectivity index (χ1) is 16.6. The Balaban J connectivity index is 1.30. The average Bonchev–Trinajstić information content (AvgIpc) is 3.32. The molecule has 1 amide bonds. The van der Waals surface area contributed by atoms with Gasteiger partial charge in [0.2, 0.25) is 5.91 Å². The number of aryl methyl sites for hydroxylation is 1. The lowest BCUT2D eigenvalue weighted by Gasteiger charge is -2.33. The number of carbonyl (C=O) groups is 1. The highest BCUT2D eigenvalue weighted by atomic mass is 16.5. The molecule has 0 radical (unpaired) electrons. The molecule has 1 atom stereocenters. The predicted molar refractivity (Wildman–Crippen MR) is 131 cm³/mol. The highest BCUT2D eigenvalue weighted by Crippen LogP contribution is 2.28. The molecule has 8 nitrogen and oxygen atoms in total. The van der Waals surface area contributed by atoms with Crippen LogP contribution in [0.15, 0.2) is 61.1 Å². The maximum atomic E-state index is 12.9. The van der Waals surface area contributed by atoms with Crippen molar-refractivity contribution in [2.24, 2.45) is 5.92 Å². The Labute approximate surface area is 198 Å². The molecule has 5 rings (SSSR count). The third-order valence-electron chi connectivity index (χ3n) is 6.31. The number of nitrogens with one attached hydrogen (secondary N) is 1. The Morgan fingerprint density at radius 3 is 2.68 bits per heavy atom. The summed E-state index contributed by atoms with van der Waals surface area (Å²) in [5.41, 5.74) is 3.87. The molecule has 1 saturated heterocycles. The molecule has 4 aromatic rings. The zero-order valence-electron chi connectivity index (χ0n) is 19.4. The number of nitrogens with zero attached hydrogens (tertiary/aromatic N) is 5. The molecule has 1 fully saturated rings. The van der Waals surface area contributed by atoms with Crippen LogP contribution in [0.2, 0.25) is 0 Å². The highest BCUT2D eigenvalue weighted by molar-refractivity contribution is 5.87. The van der Waals surface area contributed by atoms with Crippen LogP contribution in [0.5, 0.6) is 5.75 Å². The van der Waals surface area contributed by atoms with Gasteiger partial charge in [-0.25, -0.2) is 14.6 Å². The van der Waals surface area contributed by atoms with Crippen molar-refractivity contribution < 1.29 is 9.53 Å². The second-order valence-electron chi connectivity index (χ2n) is 8.69. The Morgan fingerprint density at radius 1 is 1.12 bits per heavy atom. The largest absolute Gasteiger partial charge is 0.497 e. The molecule has 2 aromatic carbocycles. The zero-order valence-corrected chi connectivity index (χ0v) is 19.4. The molecule has 0 saturated carbocycles. The normalized spacial score (nSPS) is 15.9. The van der Waals surface area contributed by atoms with Gasteiger partial charge >= 0.3 is 0 Å². The van der Waals surface area contributed by atoms with Crippen LogP contribution in [0, 0.1) is 12.8 Å². The van der Waals surface area contributed by atoms with Gasteiger partial charge in [-0.05, 0) is 49.6 Å². The SMILES string of the molecule is COc1ccc(CNC(=O)C2CCCN(c3ncnc4nn(-c5ccc(C)cc5)cc34)C2)cc1.